The number of rotatable bonds is 4. The Morgan fingerprint density at radius 2 is 2.13 bits per heavy atom. The van der Waals surface area contributed by atoms with Crippen molar-refractivity contribution < 1.29 is 9.53 Å². The molecule has 0 aromatic carbocycles. The lowest BCUT2D eigenvalue weighted by atomic mass is 10.1. The standard InChI is InChI=1S/C16H25N5O2/c17-12-4-6-21(7-5-12)16(22)14-9-15(20-11-19-14)18-10-13-3-1-2-8-23-13/h9,11-13H,1-8,10,17H2,(H,18,19,20). The van der Waals surface area contributed by atoms with Gasteiger partial charge < -0.3 is 20.7 Å². The van der Waals surface area contributed by atoms with Crippen molar-refractivity contribution in [2.75, 3.05) is 31.6 Å². The second-order valence-corrected chi connectivity index (χ2v) is 6.29. The molecule has 0 spiro atoms. The van der Waals surface area contributed by atoms with E-state index in [9.17, 15) is 4.79 Å². The van der Waals surface area contributed by atoms with E-state index >= 15 is 0 Å². The van der Waals surface area contributed by atoms with Gasteiger partial charge in [-0.1, -0.05) is 0 Å². The van der Waals surface area contributed by atoms with Gasteiger partial charge >= 0.3 is 0 Å². The van der Waals surface area contributed by atoms with Crippen LogP contribution in [0.3, 0.4) is 0 Å². The maximum atomic E-state index is 12.5. The normalized spacial score (nSPS) is 22.8. The summed E-state index contributed by atoms with van der Waals surface area (Å²) in [6.45, 7) is 2.94. The van der Waals surface area contributed by atoms with Gasteiger partial charge in [0.2, 0.25) is 0 Å². The third-order valence-electron chi connectivity index (χ3n) is 4.50. The number of nitrogens with zero attached hydrogens (tertiary/aromatic N) is 3. The summed E-state index contributed by atoms with van der Waals surface area (Å²) in [5.74, 6) is 0.627. The van der Waals surface area contributed by atoms with Gasteiger partial charge in [0.1, 0.15) is 17.8 Å². The molecule has 7 heteroatoms. The summed E-state index contributed by atoms with van der Waals surface area (Å²) in [6.07, 6.45) is 6.77. The molecule has 0 aliphatic carbocycles. The summed E-state index contributed by atoms with van der Waals surface area (Å²) in [7, 11) is 0. The van der Waals surface area contributed by atoms with Crippen LogP contribution in [-0.4, -0.2) is 59.2 Å². The topological polar surface area (TPSA) is 93.4 Å². The molecule has 1 amide bonds. The van der Waals surface area contributed by atoms with Gasteiger partial charge in [-0.05, 0) is 32.1 Å². The summed E-state index contributed by atoms with van der Waals surface area (Å²) < 4.78 is 5.69. The van der Waals surface area contributed by atoms with Gasteiger partial charge in [-0.2, -0.15) is 0 Å². The van der Waals surface area contributed by atoms with Crippen molar-refractivity contribution in [3.63, 3.8) is 0 Å². The van der Waals surface area contributed by atoms with Crippen LogP contribution in [0.4, 0.5) is 5.82 Å². The number of nitrogens with two attached hydrogens (primary N) is 1. The van der Waals surface area contributed by atoms with Gasteiger partial charge in [0.25, 0.3) is 5.91 Å². The van der Waals surface area contributed by atoms with Crippen molar-refractivity contribution in [3.05, 3.63) is 18.1 Å². The zero-order valence-electron chi connectivity index (χ0n) is 13.4. The number of nitrogens with one attached hydrogen (secondary N) is 1. The molecular weight excluding hydrogens is 294 g/mol. The van der Waals surface area contributed by atoms with Gasteiger partial charge in [0.15, 0.2) is 0 Å². The van der Waals surface area contributed by atoms with Crippen molar-refractivity contribution in [1.29, 1.82) is 0 Å². The van der Waals surface area contributed by atoms with E-state index in [4.69, 9.17) is 10.5 Å². The largest absolute Gasteiger partial charge is 0.376 e. The zero-order valence-corrected chi connectivity index (χ0v) is 13.4. The number of carbonyl (C=O) groups excluding carboxylic acids is 1. The molecule has 3 heterocycles. The number of ether oxygens (including phenoxy) is 1. The highest BCUT2D eigenvalue weighted by molar-refractivity contribution is 5.92. The molecular formula is C16H25N5O2. The van der Waals surface area contributed by atoms with Gasteiger partial charge in [-0.15, -0.1) is 0 Å². The molecule has 1 aromatic heterocycles. The SMILES string of the molecule is NC1CCN(C(=O)c2cc(NCC3CCCCO3)ncn2)CC1. The molecule has 126 valence electrons. The minimum absolute atomic E-state index is 0.0451. The molecule has 3 rings (SSSR count). The second-order valence-electron chi connectivity index (χ2n) is 6.29. The minimum atomic E-state index is -0.0451. The highest BCUT2D eigenvalue weighted by atomic mass is 16.5. The maximum Gasteiger partial charge on any atom is 0.272 e. The Bertz CT molecular complexity index is 525. The summed E-state index contributed by atoms with van der Waals surface area (Å²) in [5, 5.41) is 3.25. The van der Waals surface area contributed by atoms with Crippen molar-refractivity contribution >= 4 is 11.7 Å². The zero-order chi connectivity index (χ0) is 16.1. The Kier molecular flexibility index (Phi) is 5.40. The number of aromatic nitrogens is 2. The van der Waals surface area contributed by atoms with Gasteiger partial charge in [-0.3, -0.25) is 4.79 Å². The number of likely N-dealkylation sites (tertiary alicyclic amines) is 1. The molecule has 0 radical (unpaired) electrons. The van der Waals surface area contributed by atoms with E-state index in [0.29, 0.717) is 31.1 Å². The van der Waals surface area contributed by atoms with Gasteiger partial charge in [-0.25, -0.2) is 9.97 Å². The average molecular weight is 319 g/mol. The molecule has 23 heavy (non-hydrogen) atoms. The molecule has 0 saturated carbocycles. The first kappa shape index (κ1) is 16.1. The molecule has 1 unspecified atom stereocenters. The van der Waals surface area contributed by atoms with E-state index < -0.39 is 0 Å². The average Bonchev–Trinajstić information content (AvgIpc) is 2.61. The molecule has 0 bridgehead atoms. The fourth-order valence-corrected chi connectivity index (χ4v) is 3.02. The molecule has 2 aliphatic rings. The van der Waals surface area contributed by atoms with Crippen molar-refractivity contribution in [2.45, 2.75) is 44.2 Å². The number of hydrogen-bond donors (Lipinski definition) is 2. The molecule has 7 nitrogen and oxygen atoms in total. The minimum Gasteiger partial charge on any atom is -0.376 e. The van der Waals surface area contributed by atoms with Crippen molar-refractivity contribution in [2.24, 2.45) is 5.73 Å². The maximum absolute atomic E-state index is 12.5. The highest BCUT2D eigenvalue weighted by Gasteiger charge is 2.23. The van der Waals surface area contributed by atoms with Gasteiger partial charge in [0.05, 0.1) is 6.10 Å². The molecule has 1 aromatic rings. The molecule has 1 atom stereocenters. The third-order valence-corrected chi connectivity index (χ3v) is 4.50. The fraction of sp³-hybridized carbons (Fsp3) is 0.688. The van der Waals surface area contributed by atoms with Crippen LogP contribution in [0.5, 0.6) is 0 Å². The van der Waals surface area contributed by atoms with Crippen molar-refractivity contribution in [3.8, 4) is 0 Å². The highest BCUT2D eigenvalue weighted by Crippen LogP contribution is 2.15. The smallest absolute Gasteiger partial charge is 0.272 e. The van der Waals surface area contributed by atoms with Crippen LogP contribution in [0.2, 0.25) is 0 Å². The third kappa shape index (κ3) is 4.39. The monoisotopic (exact) mass is 319 g/mol. The number of carbonyl (C=O) groups is 1. The van der Waals surface area contributed by atoms with E-state index in [-0.39, 0.29) is 18.1 Å². The number of piperidine rings is 1. The first-order valence-corrected chi connectivity index (χ1v) is 8.45. The number of amides is 1. The first-order chi connectivity index (χ1) is 11.2. The first-order valence-electron chi connectivity index (χ1n) is 8.45. The van der Waals surface area contributed by atoms with Crippen LogP contribution in [0.25, 0.3) is 0 Å². The van der Waals surface area contributed by atoms with Crippen LogP contribution in [-0.2, 0) is 4.74 Å². The van der Waals surface area contributed by atoms with E-state index in [1.165, 1.54) is 12.7 Å². The van der Waals surface area contributed by atoms with Crippen LogP contribution >= 0.6 is 0 Å². The van der Waals surface area contributed by atoms with E-state index in [1.54, 1.807) is 6.07 Å². The Labute approximate surface area is 136 Å². The lowest BCUT2D eigenvalue weighted by Gasteiger charge is -2.29. The number of anilines is 1. The van der Waals surface area contributed by atoms with Crippen LogP contribution in [0.1, 0.15) is 42.6 Å². The number of hydrogen-bond acceptors (Lipinski definition) is 6. The molecule has 2 aliphatic heterocycles. The predicted molar refractivity (Wildman–Crippen MR) is 87.2 cm³/mol. The summed E-state index contributed by atoms with van der Waals surface area (Å²) in [6, 6.07) is 1.93. The van der Waals surface area contributed by atoms with E-state index in [2.05, 4.69) is 15.3 Å². The Morgan fingerprint density at radius 3 is 2.87 bits per heavy atom. The molecule has 2 fully saturated rings. The summed E-state index contributed by atoms with van der Waals surface area (Å²) in [4.78, 5) is 22.6. The Morgan fingerprint density at radius 1 is 1.30 bits per heavy atom. The molecule has 2 saturated heterocycles. The summed E-state index contributed by atoms with van der Waals surface area (Å²) in [5.41, 5.74) is 6.32. The van der Waals surface area contributed by atoms with Crippen LogP contribution < -0.4 is 11.1 Å². The van der Waals surface area contributed by atoms with Crippen LogP contribution in [0.15, 0.2) is 12.4 Å². The summed E-state index contributed by atoms with van der Waals surface area (Å²) >= 11 is 0. The lowest BCUT2D eigenvalue weighted by Crippen LogP contribution is -2.43. The Balaban J connectivity index is 1.57. The second kappa shape index (κ2) is 7.70. The van der Waals surface area contributed by atoms with Crippen molar-refractivity contribution in [1.82, 2.24) is 14.9 Å². The van der Waals surface area contributed by atoms with E-state index in [0.717, 1.165) is 32.3 Å². The predicted octanol–water partition coefficient (Wildman–Crippen LogP) is 1.02. The fourth-order valence-electron chi connectivity index (χ4n) is 3.02. The Hall–Kier alpha value is -1.73. The van der Waals surface area contributed by atoms with E-state index in [1.807, 2.05) is 4.90 Å². The van der Waals surface area contributed by atoms with Crippen LogP contribution in [0, 0.1) is 0 Å². The quantitative estimate of drug-likeness (QED) is 0.860. The van der Waals surface area contributed by atoms with Gasteiger partial charge in [0, 0.05) is 38.3 Å². The lowest BCUT2D eigenvalue weighted by molar-refractivity contribution is 0.0247. The molecule has 3 N–H and O–H groups in total.